The number of carbonyl (C=O) groups is 1. The Labute approximate surface area is 69.5 Å². The summed E-state index contributed by atoms with van der Waals surface area (Å²) in [6.07, 6.45) is 0.989. The fourth-order valence-electron chi connectivity index (χ4n) is 1.34. The lowest BCUT2D eigenvalue weighted by atomic mass is 9.92. The summed E-state index contributed by atoms with van der Waals surface area (Å²) < 4.78 is 0. The standard InChI is InChI=1S/C10H18O/c1-6-10(7(2)3)8(4)9(5)11/h8H,6H2,1-5H3. The first-order chi connectivity index (χ1) is 5.00. The molecular formula is C10H18O. The lowest BCUT2D eigenvalue weighted by Crippen LogP contribution is -2.10. The quantitative estimate of drug-likeness (QED) is 0.571. The SMILES string of the molecule is CCC(=C(C)C)C(C)C(C)=O. The molecule has 0 fully saturated rings. The van der Waals surface area contributed by atoms with Crippen LogP contribution in [0.2, 0.25) is 0 Å². The zero-order chi connectivity index (χ0) is 9.02. The Morgan fingerprint density at radius 1 is 1.27 bits per heavy atom. The van der Waals surface area contributed by atoms with E-state index >= 15 is 0 Å². The van der Waals surface area contributed by atoms with Crippen molar-refractivity contribution in [3.63, 3.8) is 0 Å². The zero-order valence-corrected chi connectivity index (χ0v) is 8.19. The lowest BCUT2D eigenvalue weighted by molar-refractivity contribution is -0.119. The average molecular weight is 154 g/mol. The first kappa shape index (κ1) is 10.4. The van der Waals surface area contributed by atoms with Crippen LogP contribution in [0.1, 0.15) is 41.0 Å². The number of carbonyl (C=O) groups excluding carboxylic acids is 1. The van der Waals surface area contributed by atoms with Gasteiger partial charge in [0.25, 0.3) is 0 Å². The predicted molar refractivity (Wildman–Crippen MR) is 48.5 cm³/mol. The van der Waals surface area contributed by atoms with Gasteiger partial charge in [-0.15, -0.1) is 0 Å². The van der Waals surface area contributed by atoms with Crippen molar-refractivity contribution in [1.82, 2.24) is 0 Å². The Hall–Kier alpha value is -0.590. The van der Waals surface area contributed by atoms with Gasteiger partial charge in [0.15, 0.2) is 0 Å². The molecule has 1 nitrogen and oxygen atoms in total. The van der Waals surface area contributed by atoms with E-state index in [0.717, 1.165) is 6.42 Å². The van der Waals surface area contributed by atoms with E-state index in [1.807, 2.05) is 6.92 Å². The van der Waals surface area contributed by atoms with Crippen molar-refractivity contribution >= 4 is 5.78 Å². The molecule has 0 heterocycles. The van der Waals surface area contributed by atoms with E-state index in [9.17, 15) is 4.79 Å². The molecule has 0 amide bonds. The lowest BCUT2D eigenvalue weighted by Gasteiger charge is -2.12. The molecule has 1 atom stereocenters. The monoisotopic (exact) mass is 154 g/mol. The summed E-state index contributed by atoms with van der Waals surface area (Å²) in [5, 5.41) is 0. The summed E-state index contributed by atoms with van der Waals surface area (Å²) in [5.41, 5.74) is 2.58. The van der Waals surface area contributed by atoms with Gasteiger partial charge in [-0.3, -0.25) is 4.79 Å². The van der Waals surface area contributed by atoms with Crippen molar-refractivity contribution in [2.75, 3.05) is 0 Å². The van der Waals surface area contributed by atoms with Gasteiger partial charge in [0, 0.05) is 5.92 Å². The smallest absolute Gasteiger partial charge is 0.136 e. The molecule has 1 unspecified atom stereocenters. The summed E-state index contributed by atoms with van der Waals surface area (Å²) >= 11 is 0. The summed E-state index contributed by atoms with van der Waals surface area (Å²) in [6, 6.07) is 0. The molecule has 0 aromatic carbocycles. The van der Waals surface area contributed by atoms with Crippen LogP contribution in [0.5, 0.6) is 0 Å². The van der Waals surface area contributed by atoms with Crippen molar-refractivity contribution < 1.29 is 4.79 Å². The molecule has 11 heavy (non-hydrogen) atoms. The summed E-state index contributed by atoms with van der Waals surface area (Å²) in [6.45, 7) is 9.87. The second-order valence-corrected chi connectivity index (χ2v) is 3.21. The van der Waals surface area contributed by atoms with Crippen LogP contribution < -0.4 is 0 Å². The molecule has 0 radical (unpaired) electrons. The molecule has 0 aliphatic carbocycles. The minimum absolute atomic E-state index is 0.116. The van der Waals surface area contributed by atoms with E-state index in [1.54, 1.807) is 6.92 Å². The van der Waals surface area contributed by atoms with Crippen molar-refractivity contribution in [2.24, 2.45) is 5.92 Å². The van der Waals surface area contributed by atoms with Crippen LogP contribution in [-0.2, 0) is 4.79 Å². The molecule has 0 aromatic heterocycles. The third kappa shape index (κ3) is 2.87. The predicted octanol–water partition coefficient (Wildman–Crippen LogP) is 2.96. The van der Waals surface area contributed by atoms with Gasteiger partial charge < -0.3 is 0 Å². The second kappa shape index (κ2) is 4.32. The number of hydrogen-bond acceptors (Lipinski definition) is 1. The summed E-state index contributed by atoms with van der Waals surface area (Å²) in [5.74, 6) is 0.382. The van der Waals surface area contributed by atoms with E-state index in [4.69, 9.17) is 0 Å². The molecule has 0 saturated heterocycles. The highest BCUT2D eigenvalue weighted by molar-refractivity contribution is 5.80. The summed E-state index contributed by atoms with van der Waals surface area (Å²) in [7, 11) is 0. The van der Waals surface area contributed by atoms with Gasteiger partial charge in [-0.25, -0.2) is 0 Å². The fourth-order valence-corrected chi connectivity index (χ4v) is 1.34. The van der Waals surface area contributed by atoms with Crippen LogP contribution in [-0.4, -0.2) is 5.78 Å². The van der Waals surface area contributed by atoms with Crippen molar-refractivity contribution in [1.29, 1.82) is 0 Å². The maximum atomic E-state index is 11.0. The molecule has 64 valence electrons. The number of hydrogen-bond donors (Lipinski definition) is 0. The van der Waals surface area contributed by atoms with Gasteiger partial charge in [-0.2, -0.15) is 0 Å². The minimum atomic E-state index is 0.116. The molecule has 0 saturated carbocycles. The molecule has 1 heteroatoms. The normalized spacial score (nSPS) is 12.5. The van der Waals surface area contributed by atoms with Crippen LogP contribution >= 0.6 is 0 Å². The topological polar surface area (TPSA) is 17.1 Å². The van der Waals surface area contributed by atoms with Crippen LogP contribution in [0.25, 0.3) is 0 Å². The van der Waals surface area contributed by atoms with Gasteiger partial charge in [0.05, 0.1) is 0 Å². The highest BCUT2D eigenvalue weighted by Crippen LogP contribution is 2.18. The van der Waals surface area contributed by atoms with Crippen molar-refractivity contribution in [2.45, 2.75) is 41.0 Å². The number of allylic oxidation sites excluding steroid dienone is 2. The molecule has 0 aliphatic rings. The van der Waals surface area contributed by atoms with Gasteiger partial charge in [-0.1, -0.05) is 25.0 Å². The fraction of sp³-hybridized carbons (Fsp3) is 0.700. The Morgan fingerprint density at radius 2 is 1.73 bits per heavy atom. The Morgan fingerprint density at radius 3 is 1.82 bits per heavy atom. The van der Waals surface area contributed by atoms with Crippen LogP contribution in [0, 0.1) is 5.92 Å². The van der Waals surface area contributed by atoms with Gasteiger partial charge >= 0.3 is 0 Å². The maximum Gasteiger partial charge on any atom is 0.136 e. The van der Waals surface area contributed by atoms with E-state index in [2.05, 4.69) is 20.8 Å². The first-order valence-electron chi connectivity index (χ1n) is 4.17. The van der Waals surface area contributed by atoms with E-state index in [1.165, 1.54) is 11.1 Å². The zero-order valence-electron chi connectivity index (χ0n) is 8.19. The Balaban J connectivity index is 4.53. The van der Waals surface area contributed by atoms with Gasteiger partial charge in [-0.05, 0) is 27.2 Å². The van der Waals surface area contributed by atoms with Crippen LogP contribution in [0.3, 0.4) is 0 Å². The summed E-state index contributed by atoms with van der Waals surface area (Å²) in [4.78, 5) is 11.0. The third-order valence-corrected chi connectivity index (χ3v) is 2.16. The number of Topliss-reactive ketones (excluding diaryl/α,β-unsaturated/α-hetero) is 1. The molecule has 0 bridgehead atoms. The maximum absolute atomic E-state index is 11.0. The molecule has 0 rings (SSSR count). The van der Waals surface area contributed by atoms with E-state index in [-0.39, 0.29) is 11.7 Å². The molecule has 0 spiro atoms. The largest absolute Gasteiger partial charge is 0.299 e. The van der Waals surface area contributed by atoms with E-state index < -0.39 is 0 Å². The molecule has 0 aliphatic heterocycles. The highest BCUT2D eigenvalue weighted by Gasteiger charge is 2.12. The second-order valence-electron chi connectivity index (χ2n) is 3.21. The van der Waals surface area contributed by atoms with Crippen molar-refractivity contribution in [3.8, 4) is 0 Å². The van der Waals surface area contributed by atoms with Crippen molar-refractivity contribution in [3.05, 3.63) is 11.1 Å². The van der Waals surface area contributed by atoms with Crippen LogP contribution in [0.15, 0.2) is 11.1 Å². The minimum Gasteiger partial charge on any atom is -0.299 e. The van der Waals surface area contributed by atoms with Gasteiger partial charge in [0.2, 0.25) is 0 Å². The Kier molecular flexibility index (Phi) is 4.09. The molecule has 0 N–H and O–H groups in total. The third-order valence-electron chi connectivity index (χ3n) is 2.16. The average Bonchev–Trinajstić information content (AvgIpc) is 1.88. The Bertz CT molecular complexity index is 173. The van der Waals surface area contributed by atoms with Gasteiger partial charge in [0.1, 0.15) is 5.78 Å². The van der Waals surface area contributed by atoms with E-state index in [0.29, 0.717) is 0 Å². The van der Waals surface area contributed by atoms with Crippen LogP contribution in [0.4, 0.5) is 0 Å². The highest BCUT2D eigenvalue weighted by atomic mass is 16.1. The molecule has 0 aromatic rings. The molecular weight excluding hydrogens is 136 g/mol. The number of ketones is 1. The number of rotatable bonds is 3. The first-order valence-corrected chi connectivity index (χ1v) is 4.17.